The van der Waals surface area contributed by atoms with E-state index in [2.05, 4.69) is 17.1 Å². The molecule has 0 aliphatic carbocycles. The van der Waals surface area contributed by atoms with Crippen LogP contribution in [0.2, 0.25) is 5.02 Å². The average molecular weight is 430 g/mol. The summed E-state index contributed by atoms with van der Waals surface area (Å²) in [5, 5.41) is 9.78. The van der Waals surface area contributed by atoms with Crippen LogP contribution in [0.4, 0.5) is 0 Å². The SMILES string of the molecule is CCCC[C@@H]1S/C(=N\N=C/c2ccc(Cl)cc2)N(Cc2ccc(OC)cc2)C1=O. The number of amides is 1. The number of halogens is 1. The number of amidine groups is 1. The van der Waals surface area contributed by atoms with Gasteiger partial charge < -0.3 is 4.74 Å². The van der Waals surface area contributed by atoms with Crippen LogP contribution in [0.5, 0.6) is 5.75 Å². The van der Waals surface area contributed by atoms with Gasteiger partial charge in [0.15, 0.2) is 5.17 Å². The predicted molar refractivity (Wildman–Crippen MR) is 121 cm³/mol. The molecule has 1 heterocycles. The second-order valence-corrected chi connectivity index (χ2v) is 8.31. The molecule has 152 valence electrons. The van der Waals surface area contributed by atoms with Gasteiger partial charge in [-0.05, 0) is 41.8 Å². The number of carbonyl (C=O) groups excluding carboxylic acids is 1. The van der Waals surface area contributed by atoms with Gasteiger partial charge in [-0.2, -0.15) is 5.10 Å². The van der Waals surface area contributed by atoms with Crippen LogP contribution < -0.4 is 4.74 Å². The summed E-state index contributed by atoms with van der Waals surface area (Å²) >= 11 is 7.41. The van der Waals surface area contributed by atoms with Gasteiger partial charge in [0.05, 0.1) is 25.1 Å². The van der Waals surface area contributed by atoms with Crippen molar-refractivity contribution in [3.05, 3.63) is 64.7 Å². The molecule has 2 aromatic carbocycles. The molecule has 0 saturated carbocycles. The molecule has 1 amide bonds. The van der Waals surface area contributed by atoms with Crippen molar-refractivity contribution in [1.29, 1.82) is 0 Å². The van der Waals surface area contributed by atoms with Crippen molar-refractivity contribution in [2.45, 2.75) is 38.0 Å². The van der Waals surface area contributed by atoms with E-state index in [-0.39, 0.29) is 11.2 Å². The predicted octanol–water partition coefficient (Wildman–Crippen LogP) is 5.37. The van der Waals surface area contributed by atoms with Crippen LogP contribution in [0.3, 0.4) is 0 Å². The molecule has 2 aromatic rings. The summed E-state index contributed by atoms with van der Waals surface area (Å²) in [5.41, 5.74) is 1.92. The second kappa shape index (κ2) is 10.5. The first kappa shape index (κ1) is 21.4. The zero-order valence-electron chi connectivity index (χ0n) is 16.5. The lowest BCUT2D eigenvalue weighted by atomic mass is 10.1. The topological polar surface area (TPSA) is 54.3 Å². The molecule has 29 heavy (non-hydrogen) atoms. The highest BCUT2D eigenvalue weighted by atomic mass is 35.5. The minimum absolute atomic E-state index is 0.0970. The molecule has 0 bridgehead atoms. The number of unbranched alkanes of at least 4 members (excludes halogenated alkanes) is 1. The molecule has 3 rings (SSSR count). The summed E-state index contributed by atoms with van der Waals surface area (Å²) in [4.78, 5) is 14.7. The van der Waals surface area contributed by atoms with E-state index in [0.717, 1.165) is 36.1 Å². The number of hydrogen-bond donors (Lipinski definition) is 0. The van der Waals surface area contributed by atoms with Crippen molar-refractivity contribution in [2.75, 3.05) is 7.11 Å². The fourth-order valence-corrected chi connectivity index (χ4v) is 4.18. The van der Waals surface area contributed by atoms with E-state index < -0.39 is 0 Å². The summed E-state index contributed by atoms with van der Waals surface area (Å²) in [6.07, 6.45) is 4.59. The summed E-state index contributed by atoms with van der Waals surface area (Å²) in [6.45, 7) is 2.60. The summed E-state index contributed by atoms with van der Waals surface area (Å²) in [7, 11) is 1.64. The first-order valence-corrected chi connectivity index (χ1v) is 10.8. The highest BCUT2D eigenvalue weighted by Gasteiger charge is 2.37. The number of methoxy groups -OCH3 is 1. The van der Waals surface area contributed by atoms with E-state index in [4.69, 9.17) is 16.3 Å². The van der Waals surface area contributed by atoms with Gasteiger partial charge in [-0.3, -0.25) is 9.69 Å². The van der Waals surface area contributed by atoms with Crippen molar-refractivity contribution in [3.8, 4) is 5.75 Å². The van der Waals surface area contributed by atoms with Crippen molar-refractivity contribution >= 4 is 40.7 Å². The number of carbonyl (C=O) groups is 1. The third-order valence-electron chi connectivity index (χ3n) is 4.56. The number of ether oxygens (including phenoxy) is 1. The summed E-state index contributed by atoms with van der Waals surface area (Å²) in [6, 6.07) is 15.1. The van der Waals surface area contributed by atoms with E-state index in [1.54, 1.807) is 30.4 Å². The number of nitrogens with zero attached hydrogens (tertiary/aromatic N) is 3. The molecule has 0 aromatic heterocycles. The Morgan fingerprint density at radius 1 is 1.17 bits per heavy atom. The molecule has 1 atom stereocenters. The van der Waals surface area contributed by atoms with Crippen molar-refractivity contribution < 1.29 is 9.53 Å². The maximum atomic E-state index is 13.0. The minimum atomic E-state index is -0.0994. The van der Waals surface area contributed by atoms with Crippen LogP contribution in [0, 0.1) is 0 Å². The van der Waals surface area contributed by atoms with Gasteiger partial charge in [0.1, 0.15) is 5.75 Å². The van der Waals surface area contributed by atoms with E-state index in [1.165, 1.54) is 11.8 Å². The quantitative estimate of drug-likeness (QED) is 0.418. The first-order chi connectivity index (χ1) is 14.1. The molecule has 0 spiro atoms. The molecule has 0 N–H and O–H groups in total. The molecule has 5 nitrogen and oxygen atoms in total. The van der Waals surface area contributed by atoms with Gasteiger partial charge in [0, 0.05) is 5.02 Å². The van der Waals surface area contributed by atoms with E-state index in [0.29, 0.717) is 16.7 Å². The van der Waals surface area contributed by atoms with Gasteiger partial charge in [-0.15, -0.1) is 5.10 Å². The van der Waals surface area contributed by atoms with Crippen molar-refractivity contribution in [2.24, 2.45) is 10.2 Å². The van der Waals surface area contributed by atoms with Crippen LogP contribution in [-0.2, 0) is 11.3 Å². The van der Waals surface area contributed by atoms with Crippen molar-refractivity contribution in [1.82, 2.24) is 4.90 Å². The third kappa shape index (κ3) is 5.84. The third-order valence-corrected chi connectivity index (χ3v) is 6.05. The lowest BCUT2D eigenvalue weighted by molar-refractivity contribution is -0.126. The molecular formula is C22H24ClN3O2S. The molecular weight excluding hydrogens is 406 g/mol. The van der Waals surface area contributed by atoms with Crippen LogP contribution in [-0.4, -0.2) is 34.5 Å². The summed E-state index contributed by atoms with van der Waals surface area (Å²) in [5.74, 6) is 0.887. The molecule has 0 radical (unpaired) electrons. The van der Waals surface area contributed by atoms with Crippen LogP contribution in [0.25, 0.3) is 0 Å². The van der Waals surface area contributed by atoms with Gasteiger partial charge >= 0.3 is 0 Å². The average Bonchev–Trinajstić information content (AvgIpc) is 3.03. The highest BCUT2D eigenvalue weighted by Crippen LogP contribution is 2.32. The Kier molecular flexibility index (Phi) is 7.72. The van der Waals surface area contributed by atoms with E-state index in [9.17, 15) is 4.79 Å². The minimum Gasteiger partial charge on any atom is -0.497 e. The molecule has 1 fully saturated rings. The summed E-state index contributed by atoms with van der Waals surface area (Å²) < 4.78 is 5.21. The maximum Gasteiger partial charge on any atom is 0.242 e. The smallest absolute Gasteiger partial charge is 0.242 e. The Bertz CT molecular complexity index is 882. The molecule has 1 aliphatic rings. The van der Waals surface area contributed by atoms with E-state index >= 15 is 0 Å². The monoisotopic (exact) mass is 429 g/mol. The Morgan fingerprint density at radius 3 is 2.55 bits per heavy atom. The first-order valence-electron chi connectivity index (χ1n) is 9.58. The number of benzene rings is 2. The normalized spacial score (nSPS) is 18.2. The fourth-order valence-electron chi connectivity index (χ4n) is 2.91. The van der Waals surface area contributed by atoms with Gasteiger partial charge in [0.2, 0.25) is 5.91 Å². The Labute approximate surface area is 180 Å². The standard InChI is InChI=1S/C22H24ClN3O2S/c1-3-4-5-20-21(27)26(15-17-8-12-19(28-2)13-9-17)22(29-20)25-24-14-16-6-10-18(23)11-7-16/h6-14,20H,3-5,15H2,1-2H3/b24-14-,25-22-/t20-/m0/s1. The van der Waals surface area contributed by atoms with E-state index in [1.807, 2.05) is 36.4 Å². The maximum absolute atomic E-state index is 13.0. The Morgan fingerprint density at radius 2 is 1.90 bits per heavy atom. The number of hydrogen-bond acceptors (Lipinski definition) is 5. The lowest BCUT2D eigenvalue weighted by Crippen LogP contribution is -2.31. The molecule has 1 aliphatic heterocycles. The van der Waals surface area contributed by atoms with Crippen LogP contribution in [0.15, 0.2) is 58.7 Å². The van der Waals surface area contributed by atoms with Gasteiger partial charge in [0.25, 0.3) is 0 Å². The molecule has 0 unspecified atom stereocenters. The zero-order chi connectivity index (χ0) is 20.6. The highest BCUT2D eigenvalue weighted by molar-refractivity contribution is 8.15. The van der Waals surface area contributed by atoms with Crippen LogP contribution in [0.1, 0.15) is 37.3 Å². The largest absolute Gasteiger partial charge is 0.497 e. The Balaban J connectivity index is 1.78. The molecule has 1 saturated heterocycles. The number of rotatable bonds is 8. The van der Waals surface area contributed by atoms with Gasteiger partial charge in [-0.25, -0.2) is 0 Å². The Hall–Kier alpha value is -2.31. The van der Waals surface area contributed by atoms with Crippen LogP contribution >= 0.6 is 23.4 Å². The lowest BCUT2D eigenvalue weighted by Gasteiger charge is -2.16. The second-order valence-electron chi connectivity index (χ2n) is 6.70. The van der Waals surface area contributed by atoms with Crippen molar-refractivity contribution in [3.63, 3.8) is 0 Å². The van der Waals surface area contributed by atoms with Gasteiger partial charge in [-0.1, -0.05) is 67.4 Å². The number of thioether (sulfide) groups is 1. The fraction of sp³-hybridized carbons (Fsp3) is 0.318. The molecule has 7 heteroatoms. The zero-order valence-corrected chi connectivity index (χ0v) is 18.1.